The maximum Gasteiger partial charge on any atom is 0.337 e. The van der Waals surface area contributed by atoms with Gasteiger partial charge in [0.1, 0.15) is 0 Å². The van der Waals surface area contributed by atoms with E-state index in [1.807, 2.05) is 0 Å². The fraction of sp³-hybridized carbons (Fsp3) is 0.385. The summed E-state index contributed by atoms with van der Waals surface area (Å²) in [6.07, 6.45) is 0.771. The number of nitrogens with one attached hydrogen (secondary N) is 2. The van der Waals surface area contributed by atoms with E-state index in [9.17, 15) is 9.59 Å². The lowest BCUT2D eigenvalue weighted by atomic mass is 10.1. The number of ether oxygens (including phenoxy) is 1. The lowest BCUT2D eigenvalue weighted by Crippen LogP contribution is -2.38. The lowest BCUT2D eigenvalue weighted by Gasteiger charge is -2.13. The molecule has 2 rings (SSSR count). The van der Waals surface area contributed by atoms with Gasteiger partial charge in [0, 0.05) is 6.61 Å². The van der Waals surface area contributed by atoms with Gasteiger partial charge >= 0.3 is 12.0 Å². The predicted molar refractivity (Wildman–Crippen MR) is 69.5 cm³/mol. The summed E-state index contributed by atoms with van der Waals surface area (Å²) < 4.78 is 5.15. The second kappa shape index (κ2) is 5.71. The Morgan fingerprint density at radius 3 is 2.84 bits per heavy atom. The van der Waals surface area contributed by atoms with Crippen molar-refractivity contribution >= 4 is 17.7 Å². The first-order valence-electron chi connectivity index (χ1n) is 6.05. The molecule has 2 amide bonds. The van der Waals surface area contributed by atoms with Crippen molar-refractivity contribution in [1.29, 1.82) is 0 Å². The Morgan fingerprint density at radius 2 is 2.21 bits per heavy atom. The molecule has 1 saturated heterocycles. The molecule has 1 aliphatic heterocycles. The van der Waals surface area contributed by atoms with Crippen LogP contribution in [0.15, 0.2) is 18.2 Å². The minimum absolute atomic E-state index is 0.0151. The van der Waals surface area contributed by atoms with Crippen LogP contribution in [0.25, 0.3) is 0 Å². The van der Waals surface area contributed by atoms with Crippen molar-refractivity contribution in [3.63, 3.8) is 0 Å². The minimum atomic E-state index is -1.07. The quantitative estimate of drug-likeness (QED) is 0.773. The van der Waals surface area contributed by atoms with Gasteiger partial charge in [-0.1, -0.05) is 11.6 Å². The van der Waals surface area contributed by atoms with Crippen molar-refractivity contribution in [2.75, 3.05) is 18.5 Å². The highest BCUT2D eigenvalue weighted by atomic mass is 16.5. The van der Waals surface area contributed by atoms with E-state index in [1.54, 1.807) is 19.1 Å². The zero-order valence-electron chi connectivity index (χ0n) is 10.6. The first kappa shape index (κ1) is 13.4. The van der Waals surface area contributed by atoms with Gasteiger partial charge in [-0.15, -0.1) is 0 Å². The van der Waals surface area contributed by atoms with Crippen LogP contribution < -0.4 is 10.6 Å². The van der Waals surface area contributed by atoms with Crippen LogP contribution in [0.5, 0.6) is 0 Å². The van der Waals surface area contributed by atoms with Crippen LogP contribution in [0.4, 0.5) is 10.5 Å². The van der Waals surface area contributed by atoms with Crippen LogP contribution in [0.3, 0.4) is 0 Å². The molecule has 6 heteroatoms. The maximum absolute atomic E-state index is 11.8. The Hall–Kier alpha value is -2.08. The number of anilines is 1. The van der Waals surface area contributed by atoms with Crippen LogP contribution in [0, 0.1) is 6.92 Å². The number of urea groups is 1. The average Bonchev–Trinajstić information content (AvgIpc) is 2.83. The van der Waals surface area contributed by atoms with E-state index in [0.29, 0.717) is 13.2 Å². The zero-order valence-corrected chi connectivity index (χ0v) is 10.6. The number of carbonyl (C=O) groups excluding carboxylic acids is 1. The summed E-state index contributed by atoms with van der Waals surface area (Å²) in [5.41, 5.74) is 1.19. The van der Waals surface area contributed by atoms with Gasteiger partial charge in [0.15, 0.2) is 0 Å². The molecule has 0 aliphatic carbocycles. The fourth-order valence-electron chi connectivity index (χ4n) is 1.94. The van der Waals surface area contributed by atoms with Crippen molar-refractivity contribution in [2.24, 2.45) is 0 Å². The third-order valence-electron chi connectivity index (χ3n) is 2.92. The lowest BCUT2D eigenvalue weighted by molar-refractivity contribution is 0.0698. The molecule has 1 unspecified atom stereocenters. The van der Waals surface area contributed by atoms with Crippen LogP contribution in [-0.2, 0) is 4.74 Å². The predicted octanol–water partition coefficient (Wildman–Crippen LogP) is 1.60. The molecule has 1 heterocycles. The van der Waals surface area contributed by atoms with Crippen molar-refractivity contribution in [2.45, 2.75) is 19.4 Å². The summed E-state index contributed by atoms with van der Waals surface area (Å²) in [4.78, 5) is 22.9. The number of rotatable bonds is 3. The Balaban J connectivity index is 2.05. The molecule has 3 N–H and O–H groups in total. The number of hydrogen-bond donors (Lipinski definition) is 3. The number of aryl methyl sites for hydroxylation is 1. The highest BCUT2D eigenvalue weighted by molar-refractivity contribution is 6.00. The van der Waals surface area contributed by atoms with Gasteiger partial charge in [0.2, 0.25) is 0 Å². The number of amides is 2. The second-order valence-electron chi connectivity index (χ2n) is 4.51. The van der Waals surface area contributed by atoms with E-state index in [-0.39, 0.29) is 17.3 Å². The van der Waals surface area contributed by atoms with Crippen LogP contribution >= 0.6 is 0 Å². The molecule has 0 radical (unpaired) electrons. The van der Waals surface area contributed by atoms with Gasteiger partial charge in [-0.05, 0) is 25.5 Å². The standard InChI is InChI=1S/C13H16N2O4/c1-8-2-3-11(10(6-8)12(16)17)15-13(18)14-9-4-5-19-7-9/h2-3,6,9H,4-5,7H2,1H3,(H,16,17)(H2,14,15,18). The minimum Gasteiger partial charge on any atom is -0.478 e. The van der Waals surface area contributed by atoms with E-state index in [1.165, 1.54) is 6.07 Å². The molecule has 19 heavy (non-hydrogen) atoms. The van der Waals surface area contributed by atoms with Crippen molar-refractivity contribution in [1.82, 2.24) is 5.32 Å². The monoisotopic (exact) mass is 264 g/mol. The molecule has 0 saturated carbocycles. The smallest absolute Gasteiger partial charge is 0.337 e. The average molecular weight is 264 g/mol. The van der Waals surface area contributed by atoms with Crippen LogP contribution in [0.2, 0.25) is 0 Å². The molecule has 1 atom stereocenters. The van der Waals surface area contributed by atoms with Crippen molar-refractivity contribution < 1.29 is 19.4 Å². The van der Waals surface area contributed by atoms with E-state index in [0.717, 1.165) is 12.0 Å². The SMILES string of the molecule is Cc1ccc(NC(=O)NC2CCOC2)c(C(=O)O)c1. The number of carboxylic acid groups (broad SMARTS) is 1. The summed E-state index contributed by atoms with van der Waals surface area (Å²) in [5.74, 6) is -1.07. The molecule has 1 fully saturated rings. The Bertz CT molecular complexity index is 495. The largest absolute Gasteiger partial charge is 0.478 e. The molecule has 1 aliphatic rings. The van der Waals surface area contributed by atoms with Gasteiger partial charge < -0.3 is 20.5 Å². The number of carboxylic acids is 1. The van der Waals surface area contributed by atoms with Gasteiger partial charge in [-0.3, -0.25) is 0 Å². The normalized spacial score (nSPS) is 18.1. The summed E-state index contributed by atoms with van der Waals surface area (Å²) in [5, 5.41) is 14.4. The Morgan fingerprint density at radius 1 is 1.42 bits per heavy atom. The first-order valence-corrected chi connectivity index (χ1v) is 6.05. The third kappa shape index (κ3) is 3.45. The molecular formula is C13H16N2O4. The topological polar surface area (TPSA) is 87.7 Å². The highest BCUT2D eigenvalue weighted by Gasteiger charge is 2.19. The van der Waals surface area contributed by atoms with E-state index < -0.39 is 12.0 Å². The molecule has 1 aromatic carbocycles. The van der Waals surface area contributed by atoms with Crippen LogP contribution in [-0.4, -0.2) is 36.4 Å². The number of benzene rings is 1. The molecular weight excluding hydrogens is 248 g/mol. The van der Waals surface area contributed by atoms with Crippen LogP contribution in [0.1, 0.15) is 22.3 Å². The number of aromatic carboxylic acids is 1. The highest BCUT2D eigenvalue weighted by Crippen LogP contribution is 2.17. The number of hydrogen-bond acceptors (Lipinski definition) is 3. The molecule has 6 nitrogen and oxygen atoms in total. The Labute approximate surface area is 110 Å². The third-order valence-corrected chi connectivity index (χ3v) is 2.92. The van der Waals surface area contributed by atoms with E-state index in [2.05, 4.69) is 10.6 Å². The summed E-state index contributed by atoms with van der Waals surface area (Å²) in [6, 6.07) is 4.43. The molecule has 0 spiro atoms. The second-order valence-corrected chi connectivity index (χ2v) is 4.51. The fourth-order valence-corrected chi connectivity index (χ4v) is 1.94. The van der Waals surface area contributed by atoms with Gasteiger partial charge in [-0.25, -0.2) is 9.59 Å². The summed E-state index contributed by atoms with van der Waals surface area (Å²) in [7, 11) is 0. The first-order chi connectivity index (χ1) is 9.06. The molecule has 102 valence electrons. The van der Waals surface area contributed by atoms with Crippen molar-refractivity contribution in [3.8, 4) is 0 Å². The summed E-state index contributed by atoms with van der Waals surface area (Å²) in [6.45, 7) is 2.93. The van der Waals surface area contributed by atoms with Gasteiger partial charge in [-0.2, -0.15) is 0 Å². The Kier molecular flexibility index (Phi) is 4.01. The zero-order chi connectivity index (χ0) is 13.8. The van der Waals surface area contributed by atoms with Crippen molar-refractivity contribution in [3.05, 3.63) is 29.3 Å². The van der Waals surface area contributed by atoms with E-state index >= 15 is 0 Å². The molecule has 0 aromatic heterocycles. The molecule has 1 aromatic rings. The maximum atomic E-state index is 11.8. The van der Waals surface area contributed by atoms with Gasteiger partial charge in [0.25, 0.3) is 0 Å². The number of carbonyl (C=O) groups is 2. The summed E-state index contributed by atoms with van der Waals surface area (Å²) >= 11 is 0. The van der Waals surface area contributed by atoms with E-state index in [4.69, 9.17) is 9.84 Å². The molecule has 0 bridgehead atoms. The van der Waals surface area contributed by atoms with Gasteiger partial charge in [0.05, 0.1) is 23.9 Å².